The molecule has 1 aliphatic rings. The fourth-order valence-corrected chi connectivity index (χ4v) is 1.20. The SMILES string of the molecule is NC(=O)[C@@H]1C[C@@H](OC(F)(F)F)CN1. The third-order valence-corrected chi connectivity index (χ3v) is 1.73. The van der Waals surface area contributed by atoms with Gasteiger partial charge in [-0.1, -0.05) is 0 Å². The molecular weight excluding hydrogens is 189 g/mol. The Morgan fingerprint density at radius 3 is 2.54 bits per heavy atom. The molecule has 0 unspecified atom stereocenters. The van der Waals surface area contributed by atoms with Gasteiger partial charge in [0.1, 0.15) is 0 Å². The van der Waals surface area contributed by atoms with Crippen molar-refractivity contribution in [1.82, 2.24) is 5.32 Å². The second kappa shape index (κ2) is 3.51. The van der Waals surface area contributed by atoms with Crippen LogP contribution in [0.4, 0.5) is 13.2 Å². The van der Waals surface area contributed by atoms with Crippen LogP contribution >= 0.6 is 0 Å². The van der Waals surface area contributed by atoms with Gasteiger partial charge < -0.3 is 11.1 Å². The predicted octanol–water partition coefficient (Wildman–Crippen LogP) is -0.261. The number of carbonyl (C=O) groups excluding carboxylic acids is 1. The van der Waals surface area contributed by atoms with Crippen molar-refractivity contribution < 1.29 is 22.7 Å². The molecule has 0 spiro atoms. The third kappa shape index (κ3) is 3.19. The molecule has 3 N–H and O–H groups in total. The monoisotopic (exact) mass is 198 g/mol. The van der Waals surface area contributed by atoms with Crippen LogP contribution in [0.15, 0.2) is 0 Å². The quantitative estimate of drug-likeness (QED) is 0.642. The van der Waals surface area contributed by atoms with Crippen molar-refractivity contribution in [3.63, 3.8) is 0 Å². The summed E-state index contributed by atoms with van der Waals surface area (Å²) in [5.41, 5.74) is 4.89. The molecule has 0 aromatic rings. The summed E-state index contributed by atoms with van der Waals surface area (Å²) in [6.45, 7) is -0.00683. The van der Waals surface area contributed by atoms with E-state index in [2.05, 4.69) is 10.1 Å². The van der Waals surface area contributed by atoms with E-state index in [-0.39, 0.29) is 13.0 Å². The van der Waals surface area contributed by atoms with Crippen LogP contribution in [-0.2, 0) is 9.53 Å². The highest BCUT2D eigenvalue weighted by molar-refractivity contribution is 5.80. The average Bonchev–Trinajstić information content (AvgIpc) is 2.31. The summed E-state index contributed by atoms with van der Waals surface area (Å²) >= 11 is 0. The molecule has 0 aromatic carbocycles. The number of hydrogen-bond donors (Lipinski definition) is 2. The lowest BCUT2D eigenvalue weighted by Gasteiger charge is -2.12. The molecule has 1 amide bonds. The van der Waals surface area contributed by atoms with Crippen molar-refractivity contribution in [2.75, 3.05) is 6.54 Å². The summed E-state index contributed by atoms with van der Waals surface area (Å²) in [6, 6.07) is -0.715. The first-order valence-corrected chi connectivity index (χ1v) is 3.66. The van der Waals surface area contributed by atoms with Crippen molar-refractivity contribution in [2.45, 2.75) is 24.9 Å². The summed E-state index contributed by atoms with van der Waals surface area (Å²) < 4.78 is 38.7. The lowest BCUT2D eigenvalue weighted by molar-refractivity contribution is -0.340. The van der Waals surface area contributed by atoms with Crippen molar-refractivity contribution in [1.29, 1.82) is 0 Å². The van der Waals surface area contributed by atoms with E-state index in [4.69, 9.17) is 5.73 Å². The van der Waals surface area contributed by atoms with Gasteiger partial charge in [-0.15, -0.1) is 13.2 Å². The molecule has 13 heavy (non-hydrogen) atoms. The third-order valence-electron chi connectivity index (χ3n) is 1.73. The fourth-order valence-electron chi connectivity index (χ4n) is 1.20. The van der Waals surface area contributed by atoms with Gasteiger partial charge in [0.25, 0.3) is 0 Å². The van der Waals surface area contributed by atoms with Crippen LogP contribution in [-0.4, -0.2) is 31.0 Å². The molecule has 4 nitrogen and oxygen atoms in total. The number of carbonyl (C=O) groups is 1. The molecule has 0 aliphatic carbocycles. The smallest absolute Gasteiger partial charge is 0.368 e. The van der Waals surface area contributed by atoms with E-state index in [1.165, 1.54) is 0 Å². The molecular formula is C6H9F3N2O2. The molecule has 7 heteroatoms. The Bertz CT molecular complexity index is 207. The zero-order chi connectivity index (χ0) is 10.1. The maximum Gasteiger partial charge on any atom is 0.522 e. The number of halogens is 3. The number of nitrogens with one attached hydrogen (secondary N) is 1. The van der Waals surface area contributed by atoms with Crippen LogP contribution in [0.5, 0.6) is 0 Å². The van der Waals surface area contributed by atoms with E-state index < -0.39 is 24.4 Å². The Morgan fingerprint density at radius 2 is 2.15 bits per heavy atom. The number of primary amides is 1. The second-order valence-corrected chi connectivity index (χ2v) is 2.78. The highest BCUT2D eigenvalue weighted by Gasteiger charge is 2.38. The van der Waals surface area contributed by atoms with Gasteiger partial charge in [-0.25, -0.2) is 0 Å². The summed E-state index contributed by atoms with van der Waals surface area (Å²) in [7, 11) is 0. The molecule has 76 valence electrons. The molecule has 0 aromatic heterocycles. The largest absolute Gasteiger partial charge is 0.522 e. The molecule has 0 radical (unpaired) electrons. The van der Waals surface area contributed by atoms with Gasteiger partial charge in [-0.2, -0.15) is 0 Å². The van der Waals surface area contributed by atoms with E-state index in [9.17, 15) is 18.0 Å². The van der Waals surface area contributed by atoms with E-state index in [0.717, 1.165) is 0 Å². The maximum absolute atomic E-state index is 11.7. The van der Waals surface area contributed by atoms with Gasteiger partial charge >= 0.3 is 6.36 Å². The minimum Gasteiger partial charge on any atom is -0.368 e. The Morgan fingerprint density at radius 1 is 1.54 bits per heavy atom. The van der Waals surface area contributed by atoms with Crippen molar-refractivity contribution in [2.24, 2.45) is 5.73 Å². The topological polar surface area (TPSA) is 64.4 Å². The van der Waals surface area contributed by atoms with Crippen molar-refractivity contribution >= 4 is 5.91 Å². The van der Waals surface area contributed by atoms with Gasteiger partial charge in [0.05, 0.1) is 12.1 Å². The minimum absolute atomic E-state index is 0.00683. The number of hydrogen-bond acceptors (Lipinski definition) is 3. The van der Waals surface area contributed by atoms with Crippen molar-refractivity contribution in [3.05, 3.63) is 0 Å². The lowest BCUT2D eigenvalue weighted by atomic mass is 10.2. The normalized spacial score (nSPS) is 29.2. The Kier molecular flexibility index (Phi) is 2.77. The number of alkyl halides is 3. The first kappa shape index (κ1) is 10.3. The van der Waals surface area contributed by atoms with Crippen LogP contribution in [0.2, 0.25) is 0 Å². The van der Waals surface area contributed by atoms with Crippen LogP contribution in [0.3, 0.4) is 0 Å². The number of nitrogens with two attached hydrogens (primary N) is 1. The molecule has 1 saturated heterocycles. The summed E-state index contributed by atoms with van der Waals surface area (Å²) in [4.78, 5) is 10.5. The number of rotatable bonds is 2. The number of ether oxygens (including phenoxy) is 1. The molecule has 1 heterocycles. The lowest BCUT2D eigenvalue weighted by Crippen LogP contribution is -2.36. The van der Waals surface area contributed by atoms with Crippen LogP contribution in [0.25, 0.3) is 0 Å². The average molecular weight is 198 g/mol. The summed E-state index contributed by atoms with van der Waals surface area (Å²) in [6.07, 6.45) is -5.70. The highest BCUT2D eigenvalue weighted by atomic mass is 19.4. The van der Waals surface area contributed by atoms with Crippen molar-refractivity contribution in [3.8, 4) is 0 Å². The van der Waals surface area contributed by atoms with Gasteiger partial charge in [-0.05, 0) is 6.42 Å². The zero-order valence-electron chi connectivity index (χ0n) is 6.60. The fraction of sp³-hybridized carbons (Fsp3) is 0.833. The van der Waals surface area contributed by atoms with Crippen LogP contribution in [0.1, 0.15) is 6.42 Å². The molecule has 2 atom stereocenters. The number of amides is 1. The molecule has 1 rings (SSSR count). The van der Waals surface area contributed by atoms with Crippen LogP contribution in [0, 0.1) is 0 Å². The summed E-state index contributed by atoms with van der Waals surface area (Å²) in [5.74, 6) is -0.659. The Balaban J connectivity index is 2.38. The van der Waals surface area contributed by atoms with Crippen LogP contribution < -0.4 is 11.1 Å². The second-order valence-electron chi connectivity index (χ2n) is 2.78. The Hall–Kier alpha value is -0.820. The maximum atomic E-state index is 11.7. The first-order valence-electron chi connectivity index (χ1n) is 3.66. The van der Waals surface area contributed by atoms with E-state index in [1.807, 2.05) is 0 Å². The van der Waals surface area contributed by atoms with Gasteiger partial charge in [0.15, 0.2) is 0 Å². The van der Waals surface area contributed by atoms with E-state index in [0.29, 0.717) is 0 Å². The molecule has 1 aliphatic heterocycles. The zero-order valence-corrected chi connectivity index (χ0v) is 6.60. The summed E-state index contributed by atoms with van der Waals surface area (Å²) in [5, 5.41) is 2.53. The highest BCUT2D eigenvalue weighted by Crippen LogP contribution is 2.22. The molecule has 0 bridgehead atoms. The van der Waals surface area contributed by atoms with Gasteiger partial charge in [0.2, 0.25) is 5.91 Å². The van der Waals surface area contributed by atoms with Gasteiger partial charge in [0, 0.05) is 6.54 Å². The van der Waals surface area contributed by atoms with E-state index in [1.54, 1.807) is 0 Å². The molecule has 0 saturated carbocycles. The molecule has 1 fully saturated rings. The minimum atomic E-state index is -4.65. The predicted molar refractivity (Wildman–Crippen MR) is 36.5 cm³/mol. The first-order chi connectivity index (χ1) is 5.88. The standard InChI is InChI=1S/C6H9F3N2O2/c7-6(8,9)13-3-1-4(5(10)12)11-2-3/h3-4,11H,1-2H2,(H2,10,12)/t3-,4+/m1/s1. The Labute approximate surface area is 72.2 Å². The van der Waals surface area contributed by atoms with Gasteiger partial charge in [-0.3, -0.25) is 9.53 Å². The van der Waals surface area contributed by atoms with E-state index >= 15 is 0 Å².